The number of hydrogen-bond acceptors (Lipinski definition) is 6. The second-order valence-electron chi connectivity index (χ2n) is 5.96. The van der Waals surface area contributed by atoms with Crippen LogP contribution in [-0.4, -0.2) is 40.5 Å². The Morgan fingerprint density at radius 1 is 1.21 bits per heavy atom. The summed E-state index contributed by atoms with van der Waals surface area (Å²) in [5.41, 5.74) is 1.75. The van der Waals surface area contributed by atoms with Crippen molar-refractivity contribution in [2.24, 2.45) is 10.9 Å². The number of Topliss-reactive ketones (excluding diaryl/α,β-unsaturated/α-hetero) is 1. The Kier molecular flexibility index (Phi) is 3.55. The third-order valence-electron chi connectivity index (χ3n) is 4.69. The van der Waals surface area contributed by atoms with Crippen LogP contribution in [0.1, 0.15) is 30.9 Å². The molecule has 0 N–H and O–H groups in total. The lowest BCUT2D eigenvalue weighted by atomic mass is 9.77. The Bertz CT molecular complexity index is 827. The first-order valence-electron chi connectivity index (χ1n) is 7.94. The van der Waals surface area contributed by atoms with Crippen LogP contribution in [0.3, 0.4) is 0 Å². The van der Waals surface area contributed by atoms with E-state index in [0.29, 0.717) is 23.9 Å². The average Bonchev–Trinajstić information content (AvgIpc) is 3.07. The summed E-state index contributed by atoms with van der Waals surface area (Å²) in [5.74, 6) is 1.80. The highest BCUT2D eigenvalue weighted by Gasteiger charge is 2.42. The van der Waals surface area contributed by atoms with E-state index in [2.05, 4.69) is 15.1 Å². The molecule has 0 spiro atoms. The molecule has 2 aromatic rings. The van der Waals surface area contributed by atoms with E-state index in [4.69, 9.17) is 9.47 Å². The van der Waals surface area contributed by atoms with Crippen molar-refractivity contribution in [2.45, 2.75) is 25.3 Å². The number of rotatable bonds is 3. The molecular weight excluding hydrogens is 308 g/mol. The number of aromatic nitrogens is 3. The van der Waals surface area contributed by atoms with Crippen molar-refractivity contribution in [2.75, 3.05) is 14.2 Å². The largest absolute Gasteiger partial charge is 0.497 e. The number of carbonyl (C=O) groups excluding carboxylic acids is 1. The maximum Gasteiger partial charge on any atom is 0.248 e. The summed E-state index contributed by atoms with van der Waals surface area (Å²) in [6.07, 6.45) is 3.69. The minimum Gasteiger partial charge on any atom is -0.497 e. The van der Waals surface area contributed by atoms with Crippen molar-refractivity contribution in [1.29, 1.82) is 0 Å². The van der Waals surface area contributed by atoms with Crippen LogP contribution in [0.2, 0.25) is 0 Å². The predicted octanol–water partition coefficient (Wildman–Crippen LogP) is 2.34. The summed E-state index contributed by atoms with van der Waals surface area (Å²) in [6.45, 7) is 0. The van der Waals surface area contributed by atoms with E-state index in [0.717, 1.165) is 24.1 Å². The van der Waals surface area contributed by atoms with E-state index in [1.807, 2.05) is 18.2 Å². The normalized spacial score (nSPS) is 22.4. The Balaban J connectivity index is 1.92. The summed E-state index contributed by atoms with van der Waals surface area (Å²) in [7, 11) is 3.24. The first-order valence-corrected chi connectivity index (χ1v) is 7.94. The van der Waals surface area contributed by atoms with Gasteiger partial charge in [-0.3, -0.25) is 4.79 Å². The number of benzene rings is 1. The van der Waals surface area contributed by atoms with Crippen LogP contribution in [0, 0.1) is 5.92 Å². The molecule has 2 heterocycles. The quantitative estimate of drug-likeness (QED) is 0.865. The number of nitrogens with zero attached hydrogens (tertiary/aromatic N) is 4. The topological polar surface area (TPSA) is 78.6 Å². The lowest BCUT2D eigenvalue weighted by molar-refractivity contribution is -0.122. The third-order valence-corrected chi connectivity index (χ3v) is 4.69. The maximum atomic E-state index is 12.7. The fraction of sp³-hybridized carbons (Fsp3) is 0.412. The number of aliphatic imine (C=N–C) groups is 1. The van der Waals surface area contributed by atoms with Crippen molar-refractivity contribution in [3.8, 4) is 11.5 Å². The first kappa shape index (κ1) is 14.9. The molecule has 2 unspecified atom stereocenters. The molecule has 0 bridgehead atoms. The summed E-state index contributed by atoms with van der Waals surface area (Å²) >= 11 is 0. The van der Waals surface area contributed by atoms with Crippen molar-refractivity contribution < 1.29 is 14.3 Å². The number of carbonyl (C=O) groups is 1. The lowest BCUT2D eigenvalue weighted by Crippen LogP contribution is -2.39. The fourth-order valence-corrected chi connectivity index (χ4v) is 3.60. The van der Waals surface area contributed by atoms with Gasteiger partial charge in [0, 0.05) is 17.7 Å². The Morgan fingerprint density at radius 2 is 2.08 bits per heavy atom. The van der Waals surface area contributed by atoms with Gasteiger partial charge in [0.25, 0.3) is 0 Å². The molecule has 7 nitrogen and oxygen atoms in total. The molecule has 0 amide bonds. The Labute approximate surface area is 139 Å². The van der Waals surface area contributed by atoms with Gasteiger partial charge in [-0.15, -0.1) is 0 Å². The number of fused-ring (bicyclic) bond motifs is 2. The van der Waals surface area contributed by atoms with Crippen molar-refractivity contribution in [3.05, 3.63) is 30.1 Å². The van der Waals surface area contributed by atoms with Gasteiger partial charge in [0.15, 0.2) is 0 Å². The van der Waals surface area contributed by atoms with Crippen LogP contribution >= 0.6 is 0 Å². The fourth-order valence-electron chi connectivity index (χ4n) is 3.60. The molecule has 7 heteroatoms. The third kappa shape index (κ3) is 2.19. The van der Waals surface area contributed by atoms with Gasteiger partial charge >= 0.3 is 0 Å². The summed E-state index contributed by atoms with van der Waals surface area (Å²) < 4.78 is 12.6. The van der Waals surface area contributed by atoms with E-state index in [1.165, 1.54) is 6.33 Å². The van der Waals surface area contributed by atoms with Crippen LogP contribution in [0.5, 0.6) is 11.5 Å². The number of hydrogen-bond donors (Lipinski definition) is 0. The second-order valence-corrected chi connectivity index (χ2v) is 5.96. The minimum atomic E-state index is -0.325. The van der Waals surface area contributed by atoms with Crippen LogP contribution in [-0.2, 0) is 4.79 Å². The number of ether oxygens (including phenoxy) is 2. The van der Waals surface area contributed by atoms with Crippen LogP contribution in [0.15, 0.2) is 29.5 Å². The van der Waals surface area contributed by atoms with E-state index in [9.17, 15) is 4.79 Å². The zero-order valence-corrected chi connectivity index (χ0v) is 13.6. The summed E-state index contributed by atoms with van der Waals surface area (Å²) in [5, 5.41) is 4.32. The number of methoxy groups -OCH3 is 2. The van der Waals surface area contributed by atoms with E-state index >= 15 is 0 Å². The van der Waals surface area contributed by atoms with Gasteiger partial charge < -0.3 is 9.47 Å². The van der Waals surface area contributed by atoms with E-state index < -0.39 is 0 Å². The SMILES string of the molecule is COc1ccc(OC)c(C2C3C(=O)CCCC3=Nc3ncnn32)c1. The summed E-state index contributed by atoms with van der Waals surface area (Å²) in [4.78, 5) is 21.5. The maximum absolute atomic E-state index is 12.7. The van der Waals surface area contributed by atoms with Gasteiger partial charge in [-0.1, -0.05) is 0 Å². The molecular formula is C17H18N4O3. The molecule has 1 fully saturated rings. The minimum absolute atomic E-state index is 0.191. The Hall–Kier alpha value is -2.70. The van der Waals surface area contributed by atoms with Crippen LogP contribution < -0.4 is 9.47 Å². The predicted molar refractivity (Wildman–Crippen MR) is 87.2 cm³/mol. The molecule has 1 saturated carbocycles. The highest BCUT2D eigenvalue weighted by Crippen LogP contribution is 2.43. The Morgan fingerprint density at radius 3 is 2.88 bits per heavy atom. The van der Waals surface area contributed by atoms with Crippen molar-refractivity contribution in [3.63, 3.8) is 0 Å². The highest BCUT2D eigenvalue weighted by atomic mass is 16.5. The van der Waals surface area contributed by atoms with Gasteiger partial charge in [0.1, 0.15) is 23.6 Å². The van der Waals surface area contributed by atoms with Crippen LogP contribution in [0.4, 0.5) is 5.95 Å². The molecule has 0 radical (unpaired) electrons. The lowest BCUT2D eigenvalue weighted by Gasteiger charge is -2.34. The molecule has 24 heavy (non-hydrogen) atoms. The smallest absolute Gasteiger partial charge is 0.248 e. The van der Waals surface area contributed by atoms with Gasteiger partial charge in [-0.05, 0) is 31.0 Å². The zero-order chi connectivity index (χ0) is 16.7. The van der Waals surface area contributed by atoms with Gasteiger partial charge in [-0.2, -0.15) is 10.1 Å². The number of ketones is 1. The first-order chi connectivity index (χ1) is 11.7. The molecule has 124 valence electrons. The molecule has 1 aromatic heterocycles. The molecule has 1 aliphatic heterocycles. The monoisotopic (exact) mass is 326 g/mol. The van der Waals surface area contributed by atoms with Gasteiger partial charge in [0.05, 0.1) is 26.2 Å². The molecule has 1 aromatic carbocycles. The van der Waals surface area contributed by atoms with Gasteiger partial charge in [-0.25, -0.2) is 9.67 Å². The summed E-state index contributed by atoms with van der Waals surface area (Å²) in [6, 6.07) is 5.28. The van der Waals surface area contributed by atoms with E-state index in [1.54, 1.807) is 18.9 Å². The van der Waals surface area contributed by atoms with Crippen molar-refractivity contribution >= 4 is 17.4 Å². The second kappa shape index (κ2) is 5.74. The highest BCUT2D eigenvalue weighted by molar-refractivity contribution is 6.09. The molecule has 0 saturated heterocycles. The van der Waals surface area contributed by atoms with E-state index in [-0.39, 0.29) is 17.7 Å². The van der Waals surface area contributed by atoms with Gasteiger partial charge in [0.2, 0.25) is 5.95 Å². The van der Waals surface area contributed by atoms with Crippen LogP contribution in [0.25, 0.3) is 0 Å². The molecule has 2 atom stereocenters. The zero-order valence-electron chi connectivity index (χ0n) is 13.6. The van der Waals surface area contributed by atoms with Crippen molar-refractivity contribution in [1.82, 2.24) is 14.8 Å². The molecule has 4 rings (SSSR count). The molecule has 2 aliphatic rings. The standard InChI is InChI=1S/C17H18N4O3/c1-23-10-6-7-14(24-2)11(8-10)16-15-12(4-3-5-13(15)22)20-17-18-9-19-21(16)17/h6-9,15-16H,3-5H2,1-2H3. The molecule has 1 aliphatic carbocycles. The average molecular weight is 326 g/mol.